The lowest BCUT2D eigenvalue weighted by molar-refractivity contribution is -0.120. The van der Waals surface area contributed by atoms with Crippen LogP contribution >= 0.6 is 0 Å². The van der Waals surface area contributed by atoms with Gasteiger partial charge in [0.2, 0.25) is 15.9 Å². The Morgan fingerprint density at radius 2 is 1.82 bits per heavy atom. The van der Waals surface area contributed by atoms with Crippen LogP contribution in [-0.2, 0) is 14.8 Å². The molecule has 3 rings (SSSR count). The number of rotatable bonds is 6. The molecule has 0 saturated carbocycles. The molecule has 150 valence electrons. The first kappa shape index (κ1) is 20.2. The lowest BCUT2D eigenvalue weighted by atomic mass is 10.0. The van der Waals surface area contributed by atoms with E-state index in [-0.39, 0.29) is 10.8 Å². The van der Waals surface area contributed by atoms with Gasteiger partial charge in [-0.1, -0.05) is 24.6 Å². The number of carbonyl (C=O) groups is 1. The highest BCUT2D eigenvalue weighted by atomic mass is 32.2. The van der Waals surface area contributed by atoms with Crippen LogP contribution in [0.25, 0.3) is 0 Å². The summed E-state index contributed by atoms with van der Waals surface area (Å²) in [4.78, 5) is 13.2. The number of piperidine rings is 1. The van der Waals surface area contributed by atoms with Gasteiger partial charge in [0, 0.05) is 12.6 Å². The molecule has 0 bridgehead atoms. The summed E-state index contributed by atoms with van der Waals surface area (Å²) in [6, 6.07) is 12.5. The Labute approximate surface area is 165 Å². The fourth-order valence-corrected chi connectivity index (χ4v) is 4.99. The molecule has 28 heavy (non-hydrogen) atoms. The molecule has 1 saturated heterocycles. The summed E-state index contributed by atoms with van der Waals surface area (Å²) >= 11 is 0. The highest BCUT2D eigenvalue weighted by Gasteiger charge is 2.37. The summed E-state index contributed by atoms with van der Waals surface area (Å²) in [5, 5.41) is 2.81. The minimum Gasteiger partial charge on any atom is -0.497 e. The summed E-state index contributed by atoms with van der Waals surface area (Å²) < 4.78 is 38.0. The Hall–Kier alpha value is -2.58. The van der Waals surface area contributed by atoms with Gasteiger partial charge in [-0.2, -0.15) is 4.31 Å². The maximum absolute atomic E-state index is 13.1. The zero-order valence-corrected chi connectivity index (χ0v) is 16.7. The van der Waals surface area contributed by atoms with E-state index in [0.29, 0.717) is 30.2 Å². The van der Waals surface area contributed by atoms with Gasteiger partial charge in [0.05, 0.1) is 24.8 Å². The molecule has 0 aliphatic carbocycles. The second-order valence-electron chi connectivity index (χ2n) is 6.50. The van der Waals surface area contributed by atoms with Gasteiger partial charge in [-0.05, 0) is 37.1 Å². The van der Waals surface area contributed by atoms with Gasteiger partial charge in [0.1, 0.15) is 17.5 Å². The lowest BCUT2D eigenvalue weighted by Crippen LogP contribution is -2.49. The van der Waals surface area contributed by atoms with E-state index in [4.69, 9.17) is 9.47 Å². The number of methoxy groups -OCH3 is 2. The van der Waals surface area contributed by atoms with Crippen LogP contribution in [0.3, 0.4) is 0 Å². The van der Waals surface area contributed by atoms with E-state index >= 15 is 0 Å². The zero-order chi connectivity index (χ0) is 20.1. The molecule has 1 aliphatic heterocycles. The molecule has 8 heteroatoms. The second-order valence-corrected chi connectivity index (χ2v) is 8.39. The quantitative estimate of drug-likeness (QED) is 0.800. The molecule has 1 heterocycles. The maximum atomic E-state index is 13.1. The van der Waals surface area contributed by atoms with Crippen molar-refractivity contribution < 1.29 is 22.7 Å². The van der Waals surface area contributed by atoms with Crippen LogP contribution in [0.4, 0.5) is 5.69 Å². The van der Waals surface area contributed by atoms with Crippen LogP contribution in [0.1, 0.15) is 19.3 Å². The molecule has 1 aliphatic rings. The Morgan fingerprint density at radius 3 is 2.50 bits per heavy atom. The SMILES string of the molecule is COc1ccc(OC)c(NC(=O)C2CCCCN2S(=O)(=O)c2ccccc2)c1. The predicted molar refractivity (Wildman–Crippen MR) is 106 cm³/mol. The van der Waals surface area contributed by atoms with Crippen molar-refractivity contribution in [2.75, 3.05) is 26.1 Å². The van der Waals surface area contributed by atoms with Crippen LogP contribution in [0.15, 0.2) is 53.4 Å². The molecule has 2 aromatic carbocycles. The van der Waals surface area contributed by atoms with Gasteiger partial charge in [-0.25, -0.2) is 8.42 Å². The Kier molecular flexibility index (Phi) is 6.21. The van der Waals surface area contributed by atoms with Gasteiger partial charge in [-0.3, -0.25) is 4.79 Å². The largest absolute Gasteiger partial charge is 0.497 e. The predicted octanol–water partition coefficient (Wildman–Crippen LogP) is 2.89. The fraction of sp³-hybridized carbons (Fsp3) is 0.350. The third kappa shape index (κ3) is 4.13. The van der Waals surface area contributed by atoms with E-state index in [9.17, 15) is 13.2 Å². The number of sulfonamides is 1. The Balaban J connectivity index is 1.88. The van der Waals surface area contributed by atoms with Gasteiger partial charge >= 0.3 is 0 Å². The van der Waals surface area contributed by atoms with E-state index in [1.807, 2.05) is 0 Å². The van der Waals surface area contributed by atoms with Crippen molar-refractivity contribution in [1.29, 1.82) is 0 Å². The van der Waals surface area contributed by atoms with Crippen LogP contribution < -0.4 is 14.8 Å². The molecule has 1 N–H and O–H groups in total. The summed E-state index contributed by atoms with van der Waals surface area (Å²) in [5.41, 5.74) is 0.439. The van der Waals surface area contributed by atoms with E-state index < -0.39 is 16.1 Å². The molecule has 0 aromatic heterocycles. The normalized spacial score (nSPS) is 17.7. The first-order valence-corrected chi connectivity index (χ1v) is 10.5. The number of nitrogens with zero attached hydrogens (tertiary/aromatic N) is 1. The maximum Gasteiger partial charge on any atom is 0.243 e. The molecule has 1 amide bonds. The number of hydrogen-bond acceptors (Lipinski definition) is 5. The highest BCUT2D eigenvalue weighted by molar-refractivity contribution is 7.89. The zero-order valence-electron chi connectivity index (χ0n) is 15.9. The van der Waals surface area contributed by atoms with Crippen LogP contribution in [-0.4, -0.2) is 45.4 Å². The van der Waals surface area contributed by atoms with E-state index in [1.54, 1.807) is 48.5 Å². The number of carbonyl (C=O) groups excluding carboxylic acids is 1. The Morgan fingerprint density at radius 1 is 1.07 bits per heavy atom. The standard InChI is InChI=1S/C20H24N2O5S/c1-26-15-11-12-19(27-2)17(14-15)21-20(23)18-10-6-7-13-22(18)28(24,25)16-8-4-3-5-9-16/h3-5,8-9,11-12,14,18H,6-7,10,13H2,1-2H3,(H,21,23). The van der Waals surface area contributed by atoms with Crippen LogP contribution in [0.5, 0.6) is 11.5 Å². The van der Waals surface area contributed by atoms with Gasteiger partial charge < -0.3 is 14.8 Å². The van der Waals surface area contributed by atoms with Crippen molar-refractivity contribution in [2.24, 2.45) is 0 Å². The highest BCUT2D eigenvalue weighted by Crippen LogP contribution is 2.31. The minimum atomic E-state index is -3.76. The number of ether oxygens (including phenoxy) is 2. The summed E-state index contributed by atoms with van der Waals surface area (Å²) in [6.45, 7) is 0.310. The van der Waals surface area contributed by atoms with E-state index in [1.165, 1.54) is 18.5 Å². The van der Waals surface area contributed by atoms with Crippen molar-refractivity contribution in [3.8, 4) is 11.5 Å². The molecule has 1 atom stereocenters. The van der Waals surface area contributed by atoms with Gasteiger partial charge in [0.25, 0.3) is 0 Å². The molecule has 7 nitrogen and oxygen atoms in total. The topological polar surface area (TPSA) is 84.9 Å². The van der Waals surface area contributed by atoms with E-state index in [2.05, 4.69) is 5.32 Å². The third-order valence-electron chi connectivity index (χ3n) is 4.77. The molecule has 0 spiro atoms. The van der Waals surface area contributed by atoms with Crippen LogP contribution in [0, 0.1) is 0 Å². The van der Waals surface area contributed by atoms with Gasteiger partial charge in [0.15, 0.2) is 0 Å². The van der Waals surface area contributed by atoms with E-state index in [0.717, 1.165) is 12.8 Å². The minimum absolute atomic E-state index is 0.189. The number of benzene rings is 2. The monoisotopic (exact) mass is 404 g/mol. The molecule has 0 radical (unpaired) electrons. The number of amides is 1. The first-order valence-electron chi connectivity index (χ1n) is 9.07. The average molecular weight is 404 g/mol. The van der Waals surface area contributed by atoms with Crippen molar-refractivity contribution in [3.63, 3.8) is 0 Å². The summed E-state index contributed by atoms with van der Waals surface area (Å²) in [5.74, 6) is 0.654. The third-order valence-corrected chi connectivity index (χ3v) is 6.69. The number of nitrogens with one attached hydrogen (secondary N) is 1. The lowest BCUT2D eigenvalue weighted by Gasteiger charge is -2.33. The number of hydrogen-bond donors (Lipinski definition) is 1. The van der Waals surface area contributed by atoms with Crippen molar-refractivity contribution in [1.82, 2.24) is 4.31 Å². The van der Waals surface area contributed by atoms with Crippen LogP contribution in [0.2, 0.25) is 0 Å². The average Bonchev–Trinajstić information content (AvgIpc) is 2.74. The summed E-state index contributed by atoms with van der Waals surface area (Å²) in [6.07, 6.45) is 1.97. The van der Waals surface area contributed by atoms with Crippen molar-refractivity contribution >= 4 is 21.6 Å². The first-order chi connectivity index (χ1) is 13.5. The smallest absolute Gasteiger partial charge is 0.243 e. The molecular weight excluding hydrogens is 380 g/mol. The second kappa shape index (κ2) is 8.62. The van der Waals surface area contributed by atoms with Gasteiger partial charge in [-0.15, -0.1) is 0 Å². The molecular formula is C20H24N2O5S. The van der Waals surface area contributed by atoms with Crippen molar-refractivity contribution in [2.45, 2.75) is 30.2 Å². The molecule has 1 unspecified atom stereocenters. The molecule has 2 aromatic rings. The Bertz CT molecular complexity index is 931. The fourth-order valence-electron chi connectivity index (χ4n) is 3.31. The van der Waals surface area contributed by atoms with Crippen molar-refractivity contribution in [3.05, 3.63) is 48.5 Å². The number of anilines is 1. The molecule has 1 fully saturated rings. The summed E-state index contributed by atoms with van der Waals surface area (Å²) in [7, 11) is -0.726.